The molecule has 0 aliphatic carbocycles. The van der Waals surface area contributed by atoms with Crippen molar-refractivity contribution in [1.29, 1.82) is 0 Å². The molecule has 0 saturated carbocycles. The van der Waals surface area contributed by atoms with Gasteiger partial charge >= 0.3 is 0 Å². The van der Waals surface area contributed by atoms with E-state index >= 15 is 0 Å². The summed E-state index contributed by atoms with van der Waals surface area (Å²) >= 11 is 0. The molecule has 0 unspecified atom stereocenters. The number of carbonyl (C=O) groups is 2. The first kappa shape index (κ1) is 12.6. The molecule has 0 aliphatic rings. The third kappa shape index (κ3) is 2.86. The zero-order valence-electron chi connectivity index (χ0n) is 9.83. The van der Waals surface area contributed by atoms with Crippen LogP contribution in [0, 0.1) is 0 Å². The lowest BCUT2D eigenvalue weighted by molar-refractivity contribution is 0.0994. The SMILES string of the molecule is NC(=O)c1cccc(NC(=O)c2ncccc2O)c1. The number of hydrogen-bond donors (Lipinski definition) is 3. The lowest BCUT2D eigenvalue weighted by atomic mass is 10.2. The average molecular weight is 257 g/mol. The predicted octanol–water partition coefficient (Wildman–Crippen LogP) is 1.14. The second-order valence-electron chi connectivity index (χ2n) is 3.77. The van der Waals surface area contributed by atoms with E-state index in [1.54, 1.807) is 12.1 Å². The number of rotatable bonds is 3. The number of carbonyl (C=O) groups excluding carboxylic acids is 2. The quantitative estimate of drug-likeness (QED) is 0.766. The van der Waals surface area contributed by atoms with Crippen molar-refractivity contribution >= 4 is 17.5 Å². The topological polar surface area (TPSA) is 105 Å². The third-order valence-electron chi connectivity index (χ3n) is 2.41. The van der Waals surface area contributed by atoms with E-state index in [4.69, 9.17) is 5.73 Å². The Kier molecular flexibility index (Phi) is 3.42. The van der Waals surface area contributed by atoms with Gasteiger partial charge in [-0.05, 0) is 30.3 Å². The smallest absolute Gasteiger partial charge is 0.278 e. The molecule has 1 heterocycles. The van der Waals surface area contributed by atoms with E-state index in [-0.39, 0.29) is 17.0 Å². The van der Waals surface area contributed by atoms with Gasteiger partial charge in [0, 0.05) is 17.4 Å². The molecule has 6 nitrogen and oxygen atoms in total. The summed E-state index contributed by atoms with van der Waals surface area (Å²) in [5, 5.41) is 12.0. The van der Waals surface area contributed by atoms with Crippen LogP contribution < -0.4 is 11.1 Å². The minimum absolute atomic E-state index is 0.0908. The molecule has 0 fully saturated rings. The van der Waals surface area contributed by atoms with Crippen LogP contribution in [-0.2, 0) is 0 Å². The summed E-state index contributed by atoms with van der Waals surface area (Å²) in [6.07, 6.45) is 1.40. The summed E-state index contributed by atoms with van der Waals surface area (Å²) in [7, 11) is 0. The predicted molar refractivity (Wildman–Crippen MR) is 68.8 cm³/mol. The van der Waals surface area contributed by atoms with Gasteiger partial charge in [-0.25, -0.2) is 4.98 Å². The molecule has 96 valence electrons. The second kappa shape index (κ2) is 5.18. The van der Waals surface area contributed by atoms with Crippen LogP contribution in [0.1, 0.15) is 20.8 Å². The van der Waals surface area contributed by atoms with Crippen LogP contribution in [0.3, 0.4) is 0 Å². The summed E-state index contributed by atoms with van der Waals surface area (Å²) in [5.74, 6) is -1.37. The van der Waals surface area contributed by atoms with Crippen molar-refractivity contribution < 1.29 is 14.7 Å². The Labute approximate surface area is 108 Å². The highest BCUT2D eigenvalue weighted by atomic mass is 16.3. The van der Waals surface area contributed by atoms with Crippen molar-refractivity contribution in [3.63, 3.8) is 0 Å². The van der Waals surface area contributed by atoms with Crippen LogP contribution in [0.25, 0.3) is 0 Å². The first-order valence-electron chi connectivity index (χ1n) is 5.43. The number of amides is 2. The zero-order valence-corrected chi connectivity index (χ0v) is 9.83. The van der Waals surface area contributed by atoms with Gasteiger partial charge in [-0.1, -0.05) is 6.07 Å². The largest absolute Gasteiger partial charge is 0.505 e. The molecule has 19 heavy (non-hydrogen) atoms. The first-order chi connectivity index (χ1) is 9.08. The molecule has 0 atom stereocenters. The van der Waals surface area contributed by atoms with Gasteiger partial charge in [0.05, 0.1) is 0 Å². The van der Waals surface area contributed by atoms with E-state index in [1.165, 1.54) is 30.5 Å². The molecule has 0 bridgehead atoms. The van der Waals surface area contributed by atoms with Crippen molar-refractivity contribution in [2.75, 3.05) is 5.32 Å². The minimum atomic E-state index is -0.586. The Hall–Kier alpha value is -2.89. The number of hydrogen-bond acceptors (Lipinski definition) is 4. The molecule has 1 aromatic heterocycles. The van der Waals surface area contributed by atoms with Crippen molar-refractivity contribution in [2.45, 2.75) is 0 Å². The van der Waals surface area contributed by atoms with Gasteiger partial charge in [-0.15, -0.1) is 0 Å². The Morgan fingerprint density at radius 3 is 2.68 bits per heavy atom. The Balaban J connectivity index is 2.22. The first-order valence-corrected chi connectivity index (χ1v) is 5.43. The number of pyridine rings is 1. The van der Waals surface area contributed by atoms with Crippen LogP contribution in [0.4, 0.5) is 5.69 Å². The maximum absolute atomic E-state index is 11.9. The molecular weight excluding hydrogens is 246 g/mol. The molecule has 1 aromatic carbocycles. The average Bonchev–Trinajstić information content (AvgIpc) is 2.39. The number of aromatic nitrogens is 1. The van der Waals surface area contributed by atoms with E-state index in [0.717, 1.165) is 0 Å². The van der Waals surface area contributed by atoms with E-state index in [9.17, 15) is 14.7 Å². The lowest BCUT2D eigenvalue weighted by Gasteiger charge is -2.06. The fourth-order valence-electron chi connectivity index (χ4n) is 1.51. The summed E-state index contributed by atoms with van der Waals surface area (Å²) in [6.45, 7) is 0. The van der Waals surface area contributed by atoms with Crippen LogP contribution in [-0.4, -0.2) is 21.9 Å². The fraction of sp³-hybridized carbons (Fsp3) is 0. The summed E-state index contributed by atoms with van der Waals surface area (Å²) in [4.78, 5) is 26.7. The Morgan fingerprint density at radius 1 is 1.21 bits per heavy atom. The number of anilines is 1. The Morgan fingerprint density at radius 2 is 2.00 bits per heavy atom. The summed E-state index contributed by atoms with van der Waals surface area (Å²) < 4.78 is 0. The van der Waals surface area contributed by atoms with E-state index in [0.29, 0.717) is 5.69 Å². The maximum Gasteiger partial charge on any atom is 0.278 e. The molecule has 0 aliphatic heterocycles. The molecule has 2 rings (SSSR count). The number of nitrogens with one attached hydrogen (secondary N) is 1. The summed E-state index contributed by atoms with van der Waals surface area (Å²) in [5.41, 5.74) is 5.73. The Bertz CT molecular complexity index is 641. The lowest BCUT2D eigenvalue weighted by Crippen LogP contribution is -2.15. The van der Waals surface area contributed by atoms with Crippen LogP contribution in [0.5, 0.6) is 5.75 Å². The van der Waals surface area contributed by atoms with Gasteiger partial charge in [-0.2, -0.15) is 0 Å². The monoisotopic (exact) mass is 257 g/mol. The van der Waals surface area contributed by atoms with Gasteiger partial charge in [0.2, 0.25) is 5.91 Å². The van der Waals surface area contributed by atoms with E-state index < -0.39 is 11.8 Å². The molecule has 0 spiro atoms. The molecule has 2 aromatic rings. The fourth-order valence-corrected chi connectivity index (χ4v) is 1.51. The highest BCUT2D eigenvalue weighted by Gasteiger charge is 2.12. The highest BCUT2D eigenvalue weighted by Crippen LogP contribution is 2.16. The van der Waals surface area contributed by atoms with Crippen LogP contribution in [0.15, 0.2) is 42.6 Å². The number of aromatic hydroxyl groups is 1. The standard InChI is InChI=1S/C13H11N3O3/c14-12(18)8-3-1-4-9(7-8)16-13(19)11-10(17)5-2-6-15-11/h1-7,17H,(H2,14,18)(H,16,19). The number of primary amides is 1. The number of nitrogens with zero attached hydrogens (tertiary/aromatic N) is 1. The van der Waals surface area contributed by atoms with Crippen molar-refractivity contribution in [3.8, 4) is 5.75 Å². The molecule has 0 radical (unpaired) electrons. The third-order valence-corrected chi connectivity index (χ3v) is 2.41. The van der Waals surface area contributed by atoms with Gasteiger partial charge in [0.15, 0.2) is 5.69 Å². The minimum Gasteiger partial charge on any atom is -0.505 e. The highest BCUT2D eigenvalue weighted by molar-refractivity contribution is 6.05. The van der Waals surface area contributed by atoms with Gasteiger partial charge in [0.1, 0.15) is 5.75 Å². The van der Waals surface area contributed by atoms with Crippen molar-refractivity contribution in [3.05, 3.63) is 53.9 Å². The molecule has 6 heteroatoms. The van der Waals surface area contributed by atoms with Crippen molar-refractivity contribution in [1.82, 2.24) is 4.98 Å². The zero-order chi connectivity index (χ0) is 13.8. The van der Waals surface area contributed by atoms with Crippen LogP contribution >= 0.6 is 0 Å². The van der Waals surface area contributed by atoms with Gasteiger partial charge < -0.3 is 16.2 Å². The molecule has 4 N–H and O–H groups in total. The van der Waals surface area contributed by atoms with Crippen LogP contribution in [0.2, 0.25) is 0 Å². The molecular formula is C13H11N3O3. The summed E-state index contributed by atoms with van der Waals surface area (Å²) in [6, 6.07) is 9.05. The molecule has 2 amide bonds. The van der Waals surface area contributed by atoms with Crippen molar-refractivity contribution in [2.24, 2.45) is 5.73 Å². The van der Waals surface area contributed by atoms with E-state index in [2.05, 4.69) is 10.3 Å². The van der Waals surface area contributed by atoms with Gasteiger partial charge in [-0.3, -0.25) is 9.59 Å². The second-order valence-corrected chi connectivity index (χ2v) is 3.77. The normalized spacial score (nSPS) is 9.89. The maximum atomic E-state index is 11.9. The number of benzene rings is 1. The molecule has 0 saturated heterocycles. The van der Waals surface area contributed by atoms with E-state index in [1.807, 2.05) is 0 Å². The number of nitrogens with two attached hydrogens (primary N) is 1. The van der Waals surface area contributed by atoms with Gasteiger partial charge in [0.25, 0.3) is 5.91 Å².